The Kier molecular flexibility index (Phi) is 5.50. The van der Waals surface area contributed by atoms with Gasteiger partial charge < -0.3 is 15.8 Å². The Bertz CT molecular complexity index is 677. The van der Waals surface area contributed by atoms with Crippen LogP contribution in [0, 0.1) is 0 Å². The highest BCUT2D eigenvalue weighted by molar-refractivity contribution is 9.10. The van der Waals surface area contributed by atoms with Crippen molar-refractivity contribution >= 4 is 56.3 Å². The van der Waals surface area contributed by atoms with Crippen molar-refractivity contribution in [3.63, 3.8) is 0 Å². The Labute approximate surface area is 142 Å². The van der Waals surface area contributed by atoms with Gasteiger partial charge in [0, 0.05) is 26.7 Å². The van der Waals surface area contributed by atoms with Gasteiger partial charge in [0.1, 0.15) is 10.7 Å². The molecule has 2 rings (SSSR count). The van der Waals surface area contributed by atoms with Gasteiger partial charge in [-0.25, -0.2) is 0 Å². The lowest BCUT2D eigenvalue weighted by Gasteiger charge is -2.16. The van der Waals surface area contributed by atoms with Gasteiger partial charge in [-0.15, -0.1) is 11.8 Å². The zero-order valence-electron chi connectivity index (χ0n) is 11.6. The standard InChI is InChI=1S/C15H15BrN2OS2/c1-19-9-6-7-10(16)12(8-9)18-11-4-3-5-13(21-2)14(11)15(17)20/h3-8,18H,1-2H3,(H2,17,20). The molecule has 0 fully saturated rings. The molecule has 0 saturated heterocycles. The van der Waals surface area contributed by atoms with Crippen LogP contribution in [0.15, 0.2) is 45.8 Å². The van der Waals surface area contributed by atoms with E-state index in [9.17, 15) is 0 Å². The van der Waals surface area contributed by atoms with Crippen LogP contribution in [0.3, 0.4) is 0 Å². The number of anilines is 2. The van der Waals surface area contributed by atoms with Crippen LogP contribution in [0.5, 0.6) is 5.75 Å². The van der Waals surface area contributed by atoms with Crippen LogP contribution in [0.1, 0.15) is 5.56 Å². The number of ether oxygens (including phenoxy) is 1. The van der Waals surface area contributed by atoms with E-state index < -0.39 is 0 Å². The molecule has 3 N–H and O–H groups in total. The summed E-state index contributed by atoms with van der Waals surface area (Å²) in [7, 11) is 1.64. The van der Waals surface area contributed by atoms with E-state index in [4.69, 9.17) is 22.7 Å². The van der Waals surface area contributed by atoms with Crippen molar-refractivity contribution in [2.75, 3.05) is 18.7 Å². The Balaban J connectivity index is 2.47. The van der Waals surface area contributed by atoms with Crippen LogP contribution >= 0.6 is 39.9 Å². The maximum Gasteiger partial charge on any atom is 0.121 e. The second kappa shape index (κ2) is 7.15. The number of nitrogens with two attached hydrogens (primary N) is 1. The molecule has 0 aliphatic carbocycles. The van der Waals surface area contributed by atoms with Crippen molar-refractivity contribution in [2.45, 2.75) is 4.90 Å². The molecule has 0 heterocycles. The van der Waals surface area contributed by atoms with E-state index in [1.807, 2.05) is 42.7 Å². The molecule has 0 saturated carbocycles. The highest BCUT2D eigenvalue weighted by atomic mass is 79.9. The van der Waals surface area contributed by atoms with Gasteiger partial charge in [-0.2, -0.15) is 0 Å². The van der Waals surface area contributed by atoms with Gasteiger partial charge in [-0.05, 0) is 46.5 Å². The molecule has 0 aliphatic rings. The minimum Gasteiger partial charge on any atom is -0.497 e. The molecule has 21 heavy (non-hydrogen) atoms. The minimum absolute atomic E-state index is 0.376. The highest BCUT2D eigenvalue weighted by Gasteiger charge is 2.12. The average Bonchev–Trinajstić information content (AvgIpc) is 2.48. The summed E-state index contributed by atoms with van der Waals surface area (Å²) in [5.74, 6) is 0.776. The first-order chi connectivity index (χ1) is 10.1. The van der Waals surface area contributed by atoms with Crippen LogP contribution in [-0.4, -0.2) is 18.4 Å². The van der Waals surface area contributed by atoms with Gasteiger partial charge in [-0.3, -0.25) is 0 Å². The van der Waals surface area contributed by atoms with E-state index in [1.165, 1.54) is 0 Å². The maximum atomic E-state index is 5.88. The molecule has 0 atom stereocenters. The van der Waals surface area contributed by atoms with Crippen LogP contribution < -0.4 is 15.8 Å². The molecule has 0 unspecified atom stereocenters. The topological polar surface area (TPSA) is 47.3 Å². The maximum absolute atomic E-state index is 5.88. The van der Waals surface area contributed by atoms with Crippen molar-refractivity contribution in [3.8, 4) is 5.75 Å². The molecule has 0 radical (unpaired) electrons. The molecule has 0 bridgehead atoms. The third-order valence-electron chi connectivity index (χ3n) is 2.94. The number of halogens is 1. The molecule has 0 aromatic heterocycles. The SMILES string of the molecule is COc1ccc(Br)c(Nc2cccc(SC)c2C(N)=S)c1. The van der Waals surface area contributed by atoms with Crippen molar-refractivity contribution in [3.05, 3.63) is 46.4 Å². The van der Waals surface area contributed by atoms with Crippen LogP contribution in [0.2, 0.25) is 0 Å². The Hall–Kier alpha value is -1.24. The zero-order valence-corrected chi connectivity index (χ0v) is 14.9. The molecular formula is C15H15BrN2OS2. The number of methoxy groups -OCH3 is 1. The second-order valence-corrected chi connectivity index (χ2v) is 6.36. The quantitative estimate of drug-likeness (QED) is 0.586. The third-order valence-corrected chi connectivity index (χ3v) is 4.61. The number of benzene rings is 2. The van der Waals surface area contributed by atoms with E-state index >= 15 is 0 Å². The Morgan fingerprint density at radius 1 is 1.29 bits per heavy atom. The van der Waals surface area contributed by atoms with Crippen molar-refractivity contribution in [1.82, 2.24) is 0 Å². The van der Waals surface area contributed by atoms with E-state index in [0.29, 0.717) is 4.99 Å². The van der Waals surface area contributed by atoms with E-state index in [2.05, 4.69) is 21.2 Å². The normalized spacial score (nSPS) is 10.2. The van der Waals surface area contributed by atoms with E-state index in [1.54, 1.807) is 18.9 Å². The molecule has 110 valence electrons. The summed E-state index contributed by atoms with van der Waals surface area (Å²) >= 11 is 10.3. The number of thiocarbonyl (C=S) groups is 1. The monoisotopic (exact) mass is 382 g/mol. The number of nitrogens with one attached hydrogen (secondary N) is 1. The highest BCUT2D eigenvalue weighted by Crippen LogP contribution is 2.33. The molecule has 2 aromatic carbocycles. The summed E-state index contributed by atoms with van der Waals surface area (Å²) in [6.07, 6.45) is 2.00. The number of hydrogen-bond donors (Lipinski definition) is 2. The predicted molar refractivity (Wildman–Crippen MR) is 98.1 cm³/mol. The van der Waals surface area contributed by atoms with Crippen molar-refractivity contribution in [2.24, 2.45) is 5.73 Å². The van der Waals surface area contributed by atoms with Gasteiger partial charge in [0.15, 0.2) is 0 Å². The largest absolute Gasteiger partial charge is 0.497 e. The smallest absolute Gasteiger partial charge is 0.121 e. The molecule has 3 nitrogen and oxygen atoms in total. The number of rotatable bonds is 5. The van der Waals surface area contributed by atoms with E-state index in [0.717, 1.165) is 32.1 Å². The van der Waals surface area contributed by atoms with Gasteiger partial charge in [0.2, 0.25) is 0 Å². The van der Waals surface area contributed by atoms with Crippen LogP contribution in [0.25, 0.3) is 0 Å². The number of hydrogen-bond acceptors (Lipinski definition) is 4. The predicted octanol–water partition coefficient (Wildman–Crippen LogP) is 4.56. The molecular weight excluding hydrogens is 368 g/mol. The Morgan fingerprint density at radius 2 is 2.05 bits per heavy atom. The van der Waals surface area contributed by atoms with Crippen LogP contribution in [0.4, 0.5) is 11.4 Å². The first-order valence-corrected chi connectivity index (χ1v) is 8.56. The zero-order chi connectivity index (χ0) is 15.4. The molecule has 2 aromatic rings. The first kappa shape index (κ1) is 16.1. The summed E-state index contributed by atoms with van der Waals surface area (Å²) in [6, 6.07) is 11.7. The van der Waals surface area contributed by atoms with Gasteiger partial charge in [0.25, 0.3) is 0 Å². The third kappa shape index (κ3) is 3.70. The summed E-state index contributed by atoms with van der Waals surface area (Å²) in [5.41, 5.74) is 8.51. The van der Waals surface area contributed by atoms with Crippen molar-refractivity contribution < 1.29 is 4.74 Å². The summed E-state index contributed by atoms with van der Waals surface area (Å²) in [5, 5.41) is 3.36. The van der Waals surface area contributed by atoms with Gasteiger partial charge in [0.05, 0.1) is 12.8 Å². The first-order valence-electron chi connectivity index (χ1n) is 6.14. The van der Waals surface area contributed by atoms with Crippen molar-refractivity contribution in [1.29, 1.82) is 0 Å². The molecule has 6 heteroatoms. The molecule has 0 aliphatic heterocycles. The molecule has 0 spiro atoms. The van der Waals surface area contributed by atoms with E-state index in [-0.39, 0.29) is 0 Å². The lowest BCUT2D eigenvalue weighted by atomic mass is 10.1. The fourth-order valence-corrected chi connectivity index (χ4v) is 3.20. The summed E-state index contributed by atoms with van der Waals surface area (Å²) < 4.78 is 6.19. The Morgan fingerprint density at radius 3 is 2.67 bits per heavy atom. The fraction of sp³-hybridized carbons (Fsp3) is 0.133. The fourth-order valence-electron chi connectivity index (χ4n) is 1.93. The summed E-state index contributed by atoms with van der Waals surface area (Å²) in [4.78, 5) is 1.42. The van der Waals surface area contributed by atoms with Gasteiger partial charge >= 0.3 is 0 Å². The van der Waals surface area contributed by atoms with Gasteiger partial charge in [-0.1, -0.05) is 18.3 Å². The van der Waals surface area contributed by atoms with Crippen LogP contribution in [-0.2, 0) is 0 Å². The minimum atomic E-state index is 0.376. The number of thioether (sulfide) groups is 1. The lowest BCUT2D eigenvalue weighted by molar-refractivity contribution is 0.415. The summed E-state index contributed by atoms with van der Waals surface area (Å²) in [6.45, 7) is 0. The second-order valence-electron chi connectivity index (χ2n) is 4.22. The molecule has 0 amide bonds. The average molecular weight is 383 g/mol. The lowest BCUT2D eigenvalue weighted by Crippen LogP contribution is -2.13.